The normalized spacial score (nSPS) is 11.0. The average molecular weight is 338 g/mol. The van der Waals surface area contributed by atoms with Gasteiger partial charge in [0.15, 0.2) is 0 Å². The minimum Gasteiger partial charge on any atom is -0.326 e. The second-order valence-electron chi connectivity index (χ2n) is 4.61. The summed E-state index contributed by atoms with van der Waals surface area (Å²) in [6.45, 7) is 0. The van der Waals surface area contributed by atoms with Crippen LogP contribution < -0.4 is 5.32 Å². The van der Waals surface area contributed by atoms with E-state index >= 15 is 0 Å². The average Bonchev–Trinajstić information content (AvgIpc) is 2.47. The molecule has 0 heterocycles. The van der Waals surface area contributed by atoms with Crippen LogP contribution in [0.25, 0.3) is 0 Å². The maximum atomic E-state index is 12.7. The first-order valence-corrected chi connectivity index (χ1v) is 7.72. The van der Waals surface area contributed by atoms with Gasteiger partial charge in [0.25, 0.3) is 5.69 Å². The summed E-state index contributed by atoms with van der Waals surface area (Å²) in [7, 11) is -4.78. The number of halogens is 1. The Kier molecular flexibility index (Phi) is 4.70. The molecule has 0 fully saturated rings. The number of anilines is 1. The zero-order valence-electron chi connectivity index (χ0n) is 11.6. The van der Waals surface area contributed by atoms with Crippen molar-refractivity contribution in [3.8, 4) is 0 Å². The number of rotatable bonds is 5. The molecule has 0 saturated heterocycles. The molecular formula is C14H11FN2O5S. The maximum Gasteiger partial charge on any atom is 0.332 e. The number of carbonyl (C=O) groups is 1. The van der Waals surface area contributed by atoms with E-state index in [0.717, 1.165) is 12.1 Å². The summed E-state index contributed by atoms with van der Waals surface area (Å²) >= 11 is 0. The highest BCUT2D eigenvalue weighted by Crippen LogP contribution is 2.17. The van der Waals surface area contributed by atoms with E-state index in [0.29, 0.717) is 11.3 Å². The summed E-state index contributed by atoms with van der Waals surface area (Å²) in [6.07, 6.45) is -0.0127. The first-order valence-electron chi connectivity index (χ1n) is 6.33. The first-order chi connectivity index (χ1) is 10.8. The van der Waals surface area contributed by atoms with E-state index in [2.05, 4.69) is 5.32 Å². The van der Waals surface area contributed by atoms with Crippen LogP contribution in [-0.4, -0.2) is 19.2 Å². The quantitative estimate of drug-likeness (QED) is 0.512. The van der Waals surface area contributed by atoms with Crippen LogP contribution in [0.5, 0.6) is 0 Å². The monoisotopic (exact) mass is 338 g/mol. The Labute approximate surface area is 131 Å². The Morgan fingerprint density at radius 3 is 2.13 bits per heavy atom. The highest BCUT2D eigenvalue weighted by atomic mass is 32.3. The summed E-state index contributed by atoms with van der Waals surface area (Å²) in [5, 5.41) is 13.0. The molecule has 120 valence electrons. The smallest absolute Gasteiger partial charge is 0.326 e. The van der Waals surface area contributed by atoms with Crippen molar-refractivity contribution in [2.45, 2.75) is 11.3 Å². The minimum atomic E-state index is -4.78. The lowest BCUT2D eigenvalue weighted by Gasteiger charge is -2.05. The lowest BCUT2D eigenvalue weighted by molar-refractivity contribution is -0.384. The third-order valence-electron chi connectivity index (χ3n) is 2.93. The van der Waals surface area contributed by atoms with Gasteiger partial charge in [0, 0.05) is 17.8 Å². The molecule has 2 aromatic rings. The van der Waals surface area contributed by atoms with Crippen molar-refractivity contribution in [1.29, 1.82) is 0 Å². The molecule has 0 bridgehead atoms. The molecule has 0 aromatic heterocycles. The van der Waals surface area contributed by atoms with Crippen molar-refractivity contribution in [3.05, 3.63) is 64.2 Å². The van der Waals surface area contributed by atoms with Gasteiger partial charge < -0.3 is 5.32 Å². The highest BCUT2D eigenvalue weighted by Gasteiger charge is 2.12. The lowest BCUT2D eigenvalue weighted by atomic mass is 10.1. The SMILES string of the molecule is O=C(Cc1ccc([N+](=O)[O-])cc1)Nc1ccc(S(=O)(=O)F)cc1. The third-order valence-corrected chi connectivity index (χ3v) is 3.77. The van der Waals surface area contributed by atoms with E-state index in [1.807, 2.05) is 0 Å². The summed E-state index contributed by atoms with van der Waals surface area (Å²) in [5.41, 5.74) is 0.817. The first kappa shape index (κ1) is 16.6. The van der Waals surface area contributed by atoms with Crippen molar-refractivity contribution < 1.29 is 22.0 Å². The molecule has 1 amide bonds. The van der Waals surface area contributed by atoms with E-state index < -0.39 is 25.9 Å². The largest absolute Gasteiger partial charge is 0.332 e. The summed E-state index contributed by atoms with van der Waals surface area (Å²) in [6, 6.07) is 10.1. The summed E-state index contributed by atoms with van der Waals surface area (Å²) < 4.78 is 34.1. The van der Waals surface area contributed by atoms with Crippen molar-refractivity contribution in [2.24, 2.45) is 0 Å². The second kappa shape index (κ2) is 6.53. The van der Waals surface area contributed by atoms with Crippen LogP contribution in [0.4, 0.5) is 15.3 Å². The maximum absolute atomic E-state index is 12.7. The van der Waals surface area contributed by atoms with Gasteiger partial charge in [-0.2, -0.15) is 8.42 Å². The van der Waals surface area contributed by atoms with Gasteiger partial charge in [-0.3, -0.25) is 14.9 Å². The van der Waals surface area contributed by atoms with E-state index in [1.165, 1.54) is 36.4 Å². The fourth-order valence-electron chi connectivity index (χ4n) is 1.83. The second-order valence-corrected chi connectivity index (χ2v) is 5.96. The van der Waals surface area contributed by atoms with Crippen LogP contribution in [0.15, 0.2) is 53.4 Å². The van der Waals surface area contributed by atoms with Gasteiger partial charge in [-0.1, -0.05) is 12.1 Å². The molecule has 7 nitrogen and oxygen atoms in total. The number of non-ortho nitro benzene ring substituents is 1. The van der Waals surface area contributed by atoms with E-state index in [4.69, 9.17) is 0 Å². The van der Waals surface area contributed by atoms with Crippen LogP contribution in [0.2, 0.25) is 0 Å². The molecule has 23 heavy (non-hydrogen) atoms. The Hall–Kier alpha value is -2.81. The number of amides is 1. The minimum absolute atomic E-state index is 0.0127. The number of nitro groups is 1. The van der Waals surface area contributed by atoms with E-state index in [-0.39, 0.29) is 12.1 Å². The van der Waals surface area contributed by atoms with E-state index in [1.54, 1.807) is 0 Å². The number of carbonyl (C=O) groups excluding carboxylic acids is 1. The number of nitrogens with one attached hydrogen (secondary N) is 1. The van der Waals surface area contributed by atoms with Crippen LogP contribution in [-0.2, 0) is 21.4 Å². The lowest BCUT2D eigenvalue weighted by Crippen LogP contribution is -2.14. The molecule has 0 aliphatic rings. The van der Waals surface area contributed by atoms with Crippen molar-refractivity contribution in [1.82, 2.24) is 0 Å². The van der Waals surface area contributed by atoms with Gasteiger partial charge in [0.1, 0.15) is 0 Å². The molecule has 0 radical (unpaired) electrons. The van der Waals surface area contributed by atoms with Crippen LogP contribution in [0, 0.1) is 10.1 Å². The highest BCUT2D eigenvalue weighted by molar-refractivity contribution is 7.86. The fraction of sp³-hybridized carbons (Fsp3) is 0.0714. The standard InChI is InChI=1S/C14H11FN2O5S/c15-23(21,22)13-7-3-11(4-8-13)16-14(18)9-10-1-5-12(6-2-10)17(19)20/h1-8H,9H2,(H,16,18). The predicted octanol–water partition coefficient (Wildman–Crippen LogP) is 2.43. The van der Waals surface area contributed by atoms with Gasteiger partial charge in [0.05, 0.1) is 16.2 Å². The molecular weight excluding hydrogens is 327 g/mol. The predicted molar refractivity (Wildman–Crippen MR) is 80.2 cm³/mol. The zero-order chi connectivity index (χ0) is 17.0. The molecule has 2 rings (SSSR count). The van der Waals surface area contributed by atoms with Gasteiger partial charge in [0.2, 0.25) is 5.91 Å². The Morgan fingerprint density at radius 2 is 1.65 bits per heavy atom. The number of nitrogens with zero attached hydrogens (tertiary/aromatic N) is 1. The summed E-state index contributed by atoms with van der Waals surface area (Å²) in [5.74, 6) is -0.394. The molecule has 0 aliphatic carbocycles. The van der Waals surface area contributed by atoms with Crippen molar-refractivity contribution in [3.63, 3.8) is 0 Å². The van der Waals surface area contributed by atoms with Crippen molar-refractivity contribution in [2.75, 3.05) is 5.32 Å². The number of nitro benzene ring substituents is 1. The Bertz CT molecular complexity index is 832. The molecule has 1 N–H and O–H groups in total. The van der Waals surface area contributed by atoms with Gasteiger partial charge in [-0.15, -0.1) is 3.89 Å². The number of hydrogen-bond donors (Lipinski definition) is 1. The fourth-order valence-corrected chi connectivity index (χ4v) is 2.29. The molecule has 9 heteroatoms. The molecule has 0 aliphatic heterocycles. The molecule has 0 saturated carbocycles. The van der Waals surface area contributed by atoms with Crippen LogP contribution in [0.1, 0.15) is 5.56 Å². The van der Waals surface area contributed by atoms with E-state index in [9.17, 15) is 27.2 Å². The van der Waals surface area contributed by atoms with Crippen LogP contribution >= 0.6 is 0 Å². The number of benzene rings is 2. The molecule has 0 atom stereocenters. The Balaban J connectivity index is 2.00. The zero-order valence-corrected chi connectivity index (χ0v) is 12.4. The molecule has 2 aromatic carbocycles. The van der Waals surface area contributed by atoms with Crippen molar-refractivity contribution >= 4 is 27.5 Å². The van der Waals surface area contributed by atoms with Gasteiger partial charge in [-0.25, -0.2) is 0 Å². The molecule has 0 spiro atoms. The van der Waals surface area contributed by atoms with Crippen LogP contribution in [0.3, 0.4) is 0 Å². The number of hydrogen-bond acceptors (Lipinski definition) is 5. The Morgan fingerprint density at radius 1 is 1.09 bits per heavy atom. The molecule has 0 unspecified atom stereocenters. The topological polar surface area (TPSA) is 106 Å². The third kappa shape index (κ3) is 4.58. The van der Waals surface area contributed by atoms with Gasteiger partial charge in [-0.05, 0) is 29.8 Å². The summed E-state index contributed by atoms with van der Waals surface area (Å²) in [4.78, 5) is 21.3. The van der Waals surface area contributed by atoms with Gasteiger partial charge >= 0.3 is 10.2 Å².